The second-order valence-corrected chi connectivity index (χ2v) is 8.17. The molecule has 1 atom stereocenters. The third kappa shape index (κ3) is 3.44. The summed E-state index contributed by atoms with van der Waals surface area (Å²) < 4.78 is 2.38. The van der Waals surface area contributed by atoms with Gasteiger partial charge in [-0.2, -0.15) is 0 Å². The van der Waals surface area contributed by atoms with Gasteiger partial charge in [0.05, 0.1) is 10.9 Å². The lowest BCUT2D eigenvalue weighted by Crippen LogP contribution is -2.16. The Morgan fingerprint density at radius 2 is 1.79 bits per heavy atom. The predicted molar refractivity (Wildman–Crippen MR) is 100 cm³/mol. The fraction of sp³-hybridized carbons (Fsp3) is 0.500. The van der Waals surface area contributed by atoms with Crippen LogP contribution >= 0.6 is 11.8 Å². The second kappa shape index (κ2) is 7.14. The number of nitrogens with zero attached hydrogens (tertiary/aromatic N) is 2. The van der Waals surface area contributed by atoms with Crippen molar-refractivity contribution >= 4 is 17.5 Å². The summed E-state index contributed by atoms with van der Waals surface area (Å²) in [5, 5.41) is 0.874. The van der Waals surface area contributed by atoms with Gasteiger partial charge in [-0.05, 0) is 40.5 Å². The van der Waals surface area contributed by atoms with Gasteiger partial charge in [0, 0.05) is 17.3 Å². The first-order valence-corrected chi connectivity index (χ1v) is 9.68. The number of benzene rings is 1. The maximum Gasteiger partial charge on any atom is 0.175 e. The van der Waals surface area contributed by atoms with Crippen molar-refractivity contribution in [3.05, 3.63) is 46.8 Å². The van der Waals surface area contributed by atoms with E-state index in [9.17, 15) is 4.79 Å². The molecule has 3 rings (SSSR count). The number of thioether (sulfide) groups is 1. The molecule has 1 heterocycles. The van der Waals surface area contributed by atoms with E-state index in [1.54, 1.807) is 11.8 Å². The Hall–Kier alpha value is -1.55. The van der Waals surface area contributed by atoms with E-state index in [0.29, 0.717) is 6.04 Å². The van der Waals surface area contributed by atoms with E-state index in [1.807, 2.05) is 38.1 Å². The van der Waals surface area contributed by atoms with Gasteiger partial charge in [-0.15, -0.1) is 0 Å². The van der Waals surface area contributed by atoms with Gasteiger partial charge in [0.15, 0.2) is 10.9 Å². The summed E-state index contributed by atoms with van der Waals surface area (Å²) in [7, 11) is 0. The zero-order valence-electron chi connectivity index (χ0n) is 15.0. The molecule has 0 spiro atoms. The molecule has 1 unspecified atom stereocenters. The van der Waals surface area contributed by atoms with Crippen LogP contribution < -0.4 is 0 Å². The zero-order valence-corrected chi connectivity index (χ0v) is 15.8. The minimum atomic E-state index is -0.131. The molecule has 1 fully saturated rings. The lowest BCUT2D eigenvalue weighted by atomic mass is 10.1. The van der Waals surface area contributed by atoms with Gasteiger partial charge < -0.3 is 4.57 Å². The Kier molecular flexibility index (Phi) is 5.14. The number of Topliss-reactive ketones (excluding diaryl/α,β-unsaturated/α-hetero) is 1. The number of aryl methyl sites for hydroxylation is 2. The molecule has 4 heteroatoms. The van der Waals surface area contributed by atoms with Crippen LogP contribution in [0.5, 0.6) is 0 Å². The molecule has 1 aliphatic rings. The summed E-state index contributed by atoms with van der Waals surface area (Å²) in [5.74, 6) is 0.177. The molecule has 3 nitrogen and oxygen atoms in total. The quantitative estimate of drug-likeness (QED) is 0.547. The molecule has 0 radical (unpaired) electrons. The summed E-state index contributed by atoms with van der Waals surface area (Å²) in [6.07, 6.45) is 5.04. The Morgan fingerprint density at radius 3 is 2.42 bits per heavy atom. The smallest absolute Gasteiger partial charge is 0.175 e. The Bertz CT molecular complexity index is 727. The minimum Gasteiger partial charge on any atom is -0.320 e. The number of rotatable bonds is 5. The summed E-state index contributed by atoms with van der Waals surface area (Å²) in [5.41, 5.74) is 4.29. The summed E-state index contributed by atoms with van der Waals surface area (Å²) in [6, 6.07) is 8.40. The molecule has 0 bridgehead atoms. The van der Waals surface area contributed by atoms with E-state index in [1.165, 1.54) is 36.9 Å². The van der Waals surface area contributed by atoms with Crippen LogP contribution in [0.15, 0.2) is 29.4 Å². The maximum absolute atomic E-state index is 12.7. The Labute approximate surface area is 148 Å². The number of carbonyl (C=O) groups excluding carboxylic acids is 1. The van der Waals surface area contributed by atoms with Crippen LogP contribution in [0.2, 0.25) is 0 Å². The summed E-state index contributed by atoms with van der Waals surface area (Å²) >= 11 is 1.60. The van der Waals surface area contributed by atoms with Crippen molar-refractivity contribution in [3.8, 4) is 0 Å². The van der Waals surface area contributed by atoms with E-state index in [0.717, 1.165) is 16.4 Å². The van der Waals surface area contributed by atoms with Gasteiger partial charge >= 0.3 is 0 Å². The molecular formula is C20H26N2OS. The lowest BCUT2D eigenvalue weighted by molar-refractivity contribution is 0.0994. The number of ketones is 1. The third-order valence-corrected chi connectivity index (χ3v) is 6.10. The van der Waals surface area contributed by atoms with Gasteiger partial charge in [0.2, 0.25) is 0 Å². The number of aromatic nitrogens is 2. The van der Waals surface area contributed by atoms with Crippen molar-refractivity contribution < 1.29 is 4.79 Å². The monoisotopic (exact) mass is 342 g/mol. The lowest BCUT2D eigenvalue weighted by Gasteiger charge is -2.18. The van der Waals surface area contributed by atoms with Gasteiger partial charge in [-0.3, -0.25) is 4.79 Å². The highest BCUT2D eigenvalue weighted by molar-refractivity contribution is 8.00. The molecule has 0 amide bonds. The van der Waals surface area contributed by atoms with Crippen LogP contribution in [0.25, 0.3) is 0 Å². The van der Waals surface area contributed by atoms with E-state index in [4.69, 9.17) is 4.98 Å². The van der Waals surface area contributed by atoms with Crippen LogP contribution in [0.4, 0.5) is 0 Å². The highest BCUT2D eigenvalue weighted by Gasteiger charge is 2.26. The van der Waals surface area contributed by atoms with Crippen LogP contribution in [0.1, 0.15) is 66.0 Å². The highest BCUT2D eigenvalue weighted by atomic mass is 32.2. The molecule has 128 valence electrons. The molecule has 0 N–H and O–H groups in total. The normalized spacial score (nSPS) is 16.5. The molecule has 0 saturated heterocycles. The first-order chi connectivity index (χ1) is 11.5. The highest BCUT2D eigenvalue weighted by Crippen LogP contribution is 2.36. The van der Waals surface area contributed by atoms with Crippen molar-refractivity contribution in [2.24, 2.45) is 0 Å². The Morgan fingerprint density at radius 1 is 1.17 bits per heavy atom. The largest absolute Gasteiger partial charge is 0.320 e. The standard InChI is InChI=1S/C20H26N2OS/c1-13-9-11-17(12-10-13)19(23)16(4)24-20-21-14(2)15(3)22(20)18-7-5-6-8-18/h9-12,16,18H,5-8H2,1-4H3. The first kappa shape index (κ1) is 17.3. The fourth-order valence-electron chi connectivity index (χ4n) is 3.44. The van der Waals surface area contributed by atoms with Crippen molar-refractivity contribution in [3.63, 3.8) is 0 Å². The molecule has 1 aromatic carbocycles. The van der Waals surface area contributed by atoms with E-state index >= 15 is 0 Å². The number of hydrogen-bond donors (Lipinski definition) is 0. The molecule has 1 saturated carbocycles. The number of imidazole rings is 1. The average Bonchev–Trinajstić information content (AvgIpc) is 3.16. The van der Waals surface area contributed by atoms with Crippen molar-refractivity contribution in [1.82, 2.24) is 9.55 Å². The van der Waals surface area contributed by atoms with Gasteiger partial charge in [-0.1, -0.05) is 54.4 Å². The maximum atomic E-state index is 12.7. The van der Waals surface area contributed by atoms with Crippen molar-refractivity contribution in [2.75, 3.05) is 0 Å². The molecule has 1 aromatic heterocycles. The number of hydrogen-bond acceptors (Lipinski definition) is 3. The summed E-state index contributed by atoms with van der Waals surface area (Å²) in [4.78, 5) is 17.5. The van der Waals surface area contributed by atoms with Crippen LogP contribution in [-0.4, -0.2) is 20.6 Å². The van der Waals surface area contributed by atoms with Crippen molar-refractivity contribution in [2.45, 2.75) is 69.8 Å². The van der Waals surface area contributed by atoms with Crippen LogP contribution in [0, 0.1) is 20.8 Å². The summed E-state index contributed by atoms with van der Waals surface area (Å²) in [6.45, 7) is 8.25. The molecular weight excluding hydrogens is 316 g/mol. The minimum absolute atomic E-state index is 0.131. The van der Waals surface area contributed by atoms with E-state index < -0.39 is 0 Å². The fourth-order valence-corrected chi connectivity index (χ4v) is 4.58. The average molecular weight is 343 g/mol. The van der Waals surface area contributed by atoms with Crippen molar-refractivity contribution in [1.29, 1.82) is 0 Å². The topological polar surface area (TPSA) is 34.9 Å². The van der Waals surface area contributed by atoms with E-state index in [2.05, 4.69) is 18.4 Å². The van der Waals surface area contributed by atoms with Gasteiger partial charge in [-0.25, -0.2) is 4.98 Å². The predicted octanol–water partition coefficient (Wildman–Crippen LogP) is 5.29. The SMILES string of the molecule is Cc1ccc(C(=O)C(C)Sc2nc(C)c(C)n2C2CCCC2)cc1. The first-order valence-electron chi connectivity index (χ1n) is 8.80. The van der Waals surface area contributed by atoms with Gasteiger partial charge in [0.1, 0.15) is 0 Å². The van der Waals surface area contributed by atoms with Gasteiger partial charge in [0.25, 0.3) is 0 Å². The number of carbonyl (C=O) groups is 1. The molecule has 24 heavy (non-hydrogen) atoms. The molecule has 0 aliphatic heterocycles. The molecule has 2 aromatic rings. The third-order valence-electron chi connectivity index (χ3n) is 5.03. The molecule has 1 aliphatic carbocycles. The Balaban J connectivity index is 1.81. The van der Waals surface area contributed by atoms with Crippen LogP contribution in [0.3, 0.4) is 0 Å². The van der Waals surface area contributed by atoms with E-state index in [-0.39, 0.29) is 11.0 Å². The second-order valence-electron chi connectivity index (χ2n) is 6.86. The zero-order chi connectivity index (χ0) is 17.3. The van der Waals surface area contributed by atoms with Crippen LogP contribution in [-0.2, 0) is 0 Å².